The number of fused-ring (bicyclic) bond motifs is 1. The highest BCUT2D eigenvalue weighted by atomic mass is 16.5. The molecule has 24 heavy (non-hydrogen) atoms. The van der Waals surface area contributed by atoms with Crippen LogP contribution in [-0.2, 0) is 17.9 Å². The van der Waals surface area contributed by atoms with Gasteiger partial charge in [0.1, 0.15) is 5.69 Å². The van der Waals surface area contributed by atoms with Gasteiger partial charge in [-0.05, 0) is 30.2 Å². The van der Waals surface area contributed by atoms with Gasteiger partial charge in [-0.1, -0.05) is 48.5 Å². The van der Waals surface area contributed by atoms with Crippen LogP contribution in [0.3, 0.4) is 0 Å². The van der Waals surface area contributed by atoms with E-state index in [1.54, 1.807) is 6.07 Å². The van der Waals surface area contributed by atoms with Crippen LogP contribution in [0.1, 0.15) is 28.5 Å². The fourth-order valence-corrected chi connectivity index (χ4v) is 2.44. The minimum Gasteiger partial charge on any atom is -0.377 e. The van der Waals surface area contributed by atoms with Gasteiger partial charge < -0.3 is 10.1 Å². The lowest BCUT2D eigenvalue weighted by atomic mass is 10.1. The minimum absolute atomic E-state index is 0.167. The van der Waals surface area contributed by atoms with Crippen LogP contribution in [0.5, 0.6) is 0 Å². The first-order valence-electron chi connectivity index (χ1n) is 8.06. The summed E-state index contributed by atoms with van der Waals surface area (Å²) < 4.78 is 5.37. The van der Waals surface area contributed by atoms with Crippen molar-refractivity contribution in [3.05, 3.63) is 77.5 Å². The van der Waals surface area contributed by atoms with E-state index >= 15 is 0 Å². The molecule has 0 atom stereocenters. The molecule has 2 aromatic carbocycles. The molecular weight excluding hydrogens is 300 g/mol. The van der Waals surface area contributed by atoms with Crippen LogP contribution >= 0.6 is 0 Å². The third-order valence-corrected chi connectivity index (χ3v) is 3.78. The van der Waals surface area contributed by atoms with E-state index in [-0.39, 0.29) is 5.91 Å². The number of aromatic nitrogens is 1. The monoisotopic (exact) mass is 320 g/mol. The van der Waals surface area contributed by atoms with Crippen LogP contribution < -0.4 is 5.32 Å². The van der Waals surface area contributed by atoms with Crippen molar-refractivity contribution in [1.82, 2.24) is 10.3 Å². The zero-order chi connectivity index (χ0) is 16.8. The summed E-state index contributed by atoms with van der Waals surface area (Å²) in [6.07, 6.45) is 0. The first kappa shape index (κ1) is 16.1. The molecule has 1 aromatic heterocycles. The van der Waals surface area contributed by atoms with Crippen LogP contribution in [0.2, 0.25) is 0 Å². The largest absolute Gasteiger partial charge is 0.377 e. The Labute approximate surface area is 141 Å². The molecule has 0 unspecified atom stereocenters. The normalized spacial score (nSPS) is 10.7. The molecule has 0 saturated carbocycles. The van der Waals surface area contributed by atoms with E-state index in [1.807, 2.05) is 61.5 Å². The summed E-state index contributed by atoms with van der Waals surface area (Å²) in [6, 6.07) is 19.5. The van der Waals surface area contributed by atoms with Crippen molar-refractivity contribution in [2.24, 2.45) is 0 Å². The Morgan fingerprint density at radius 2 is 1.75 bits per heavy atom. The lowest BCUT2D eigenvalue weighted by Crippen LogP contribution is -2.23. The van der Waals surface area contributed by atoms with Gasteiger partial charge in [0.2, 0.25) is 0 Å². The molecule has 0 aliphatic heterocycles. The summed E-state index contributed by atoms with van der Waals surface area (Å²) in [5.41, 5.74) is 3.43. The molecule has 0 aliphatic carbocycles. The fraction of sp³-hybridized carbons (Fsp3) is 0.200. The number of carbonyl (C=O) groups excluding carboxylic acids is 1. The van der Waals surface area contributed by atoms with Crippen molar-refractivity contribution >= 4 is 16.8 Å². The van der Waals surface area contributed by atoms with Crippen molar-refractivity contribution in [3.8, 4) is 0 Å². The van der Waals surface area contributed by atoms with Crippen LogP contribution in [0, 0.1) is 0 Å². The second kappa shape index (κ2) is 7.70. The maximum Gasteiger partial charge on any atom is 0.270 e. The number of amides is 1. The molecular formula is C20H20N2O2. The zero-order valence-corrected chi connectivity index (χ0v) is 13.7. The molecule has 122 valence electrons. The molecule has 0 spiro atoms. The van der Waals surface area contributed by atoms with E-state index in [4.69, 9.17) is 4.74 Å². The Kier molecular flexibility index (Phi) is 5.18. The Bertz CT molecular complexity index is 828. The van der Waals surface area contributed by atoms with E-state index in [1.165, 1.54) is 0 Å². The van der Waals surface area contributed by atoms with Crippen LogP contribution in [0.15, 0.2) is 60.7 Å². The molecule has 1 heterocycles. The molecule has 3 rings (SSSR count). The number of hydrogen-bond acceptors (Lipinski definition) is 3. The molecule has 0 saturated heterocycles. The third-order valence-electron chi connectivity index (χ3n) is 3.78. The van der Waals surface area contributed by atoms with Crippen molar-refractivity contribution < 1.29 is 9.53 Å². The quantitative estimate of drug-likeness (QED) is 0.753. The topological polar surface area (TPSA) is 51.2 Å². The molecule has 4 nitrogen and oxygen atoms in total. The number of carbonyl (C=O) groups is 1. The summed E-state index contributed by atoms with van der Waals surface area (Å²) in [7, 11) is 0. The zero-order valence-electron chi connectivity index (χ0n) is 13.7. The maximum atomic E-state index is 12.3. The average Bonchev–Trinajstić information content (AvgIpc) is 2.65. The Hall–Kier alpha value is -2.72. The second-order valence-corrected chi connectivity index (χ2v) is 5.53. The number of nitrogens with one attached hydrogen (secondary N) is 1. The molecule has 0 fully saturated rings. The number of rotatable bonds is 6. The van der Waals surface area contributed by atoms with E-state index in [2.05, 4.69) is 10.3 Å². The van der Waals surface area contributed by atoms with Gasteiger partial charge in [0.05, 0.1) is 12.1 Å². The highest BCUT2D eigenvalue weighted by Gasteiger charge is 2.07. The van der Waals surface area contributed by atoms with Crippen molar-refractivity contribution in [2.45, 2.75) is 20.1 Å². The molecule has 0 bridgehead atoms. The lowest BCUT2D eigenvalue weighted by Gasteiger charge is -2.07. The lowest BCUT2D eigenvalue weighted by molar-refractivity contribution is 0.0946. The number of hydrogen-bond donors (Lipinski definition) is 1. The summed E-state index contributed by atoms with van der Waals surface area (Å²) in [5.74, 6) is -0.167. The van der Waals surface area contributed by atoms with Gasteiger partial charge in [0, 0.05) is 18.5 Å². The van der Waals surface area contributed by atoms with Crippen LogP contribution in [0.25, 0.3) is 10.9 Å². The van der Waals surface area contributed by atoms with E-state index in [0.29, 0.717) is 25.5 Å². The summed E-state index contributed by atoms with van der Waals surface area (Å²) >= 11 is 0. The predicted molar refractivity (Wildman–Crippen MR) is 94.7 cm³/mol. The van der Waals surface area contributed by atoms with Crippen LogP contribution in [0.4, 0.5) is 0 Å². The Morgan fingerprint density at radius 1 is 1.00 bits per heavy atom. The smallest absolute Gasteiger partial charge is 0.270 e. The van der Waals surface area contributed by atoms with Crippen molar-refractivity contribution in [1.29, 1.82) is 0 Å². The average molecular weight is 320 g/mol. The summed E-state index contributed by atoms with van der Waals surface area (Å²) in [4.78, 5) is 16.7. The predicted octanol–water partition coefficient (Wildman–Crippen LogP) is 3.70. The number of nitrogens with zero attached hydrogens (tertiary/aromatic N) is 1. The standard InChI is InChI=1S/C20H20N2O2/c1-2-24-14-16-9-7-15(8-10-16)13-21-20(23)19-12-11-17-5-3-4-6-18(17)22-19/h3-12H,2,13-14H2,1H3,(H,21,23). The van der Waals surface area contributed by atoms with Gasteiger partial charge in [0.15, 0.2) is 0 Å². The Balaban J connectivity index is 1.61. The fourth-order valence-electron chi connectivity index (χ4n) is 2.44. The minimum atomic E-state index is -0.167. The van der Waals surface area contributed by atoms with Gasteiger partial charge in [-0.25, -0.2) is 4.98 Å². The summed E-state index contributed by atoms with van der Waals surface area (Å²) in [5, 5.41) is 3.94. The third kappa shape index (κ3) is 3.97. The van der Waals surface area contributed by atoms with Gasteiger partial charge in [0.25, 0.3) is 5.91 Å². The Morgan fingerprint density at radius 3 is 2.54 bits per heavy atom. The number of benzene rings is 2. The first-order chi connectivity index (χ1) is 11.8. The highest BCUT2D eigenvalue weighted by molar-refractivity contribution is 5.94. The van der Waals surface area contributed by atoms with Gasteiger partial charge >= 0.3 is 0 Å². The SMILES string of the molecule is CCOCc1ccc(CNC(=O)c2ccc3ccccc3n2)cc1. The number of ether oxygens (including phenoxy) is 1. The highest BCUT2D eigenvalue weighted by Crippen LogP contribution is 2.12. The van der Waals surface area contributed by atoms with E-state index in [0.717, 1.165) is 22.0 Å². The van der Waals surface area contributed by atoms with Gasteiger partial charge in [-0.3, -0.25) is 4.79 Å². The molecule has 3 aromatic rings. The second-order valence-electron chi connectivity index (χ2n) is 5.53. The van der Waals surface area contributed by atoms with Crippen LogP contribution in [-0.4, -0.2) is 17.5 Å². The summed E-state index contributed by atoms with van der Waals surface area (Å²) in [6.45, 7) is 3.77. The van der Waals surface area contributed by atoms with E-state index in [9.17, 15) is 4.79 Å². The molecule has 1 N–H and O–H groups in total. The number of pyridine rings is 1. The molecule has 4 heteroatoms. The van der Waals surface area contributed by atoms with Crippen molar-refractivity contribution in [2.75, 3.05) is 6.61 Å². The molecule has 0 aliphatic rings. The van der Waals surface area contributed by atoms with Gasteiger partial charge in [-0.2, -0.15) is 0 Å². The molecule has 0 radical (unpaired) electrons. The maximum absolute atomic E-state index is 12.3. The van der Waals surface area contributed by atoms with E-state index < -0.39 is 0 Å². The number of para-hydroxylation sites is 1. The van der Waals surface area contributed by atoms with Gasteiger partial charge in [-0.15, -0.1) is 0 Å². The van der Waals surface area contributed by atoms with Crippen molar-refractivity contribution in [3.63, 3.8) is 0 Å². The molecule has 1 amide bonds. The first-order valence-corrected chi connectivity index (χ1v) is 8.06.